The van der Waals surface area contributed by atoms with Crippen LogP contribution < -0.4 is 5.32 Å². The molecule has 0 radical (unpaired) electrons. The van der Waals surface area contributed by atoms with Gasteiger partial charge < -0.3 is 5.32 Å². The summed E-state index contributed by atoms with van der Waals surface area (Å²) in [6.07, 6.45) is 1.44. The van der Waals surface area contributed by atoms with Crippen molar-refractivity contribution >= 4 is 17.7 Å². The average molecular weight is 323 g/mol. The number of thioether (sulfide) groups is 1. The molecule has 8 heteroatoms. The van der Waals surface area contributed by atoms with Crippen LogP contribution in [0.15, 0.2) is 35.7 Å². The van der Waals surface area contributed by atoms with Gasteiger partial charge >= 0.3 is 0 Å². The van der Waals surface area contributed by atoms with Crippen molar-refractivity contribution < 1.29 is 9.18 Å². The number of rotatable bonds is 7. The lowest BCUT2D eigenvalue weighted by Gasteiger charge is -2.23. The molecule has 0 bridgehead atoms. The zero-order valence-corrected chi connectivity index (χ0v) is 13.2. The summed E-state index contributed by atoms with van der Waals surface area (Å²) in [7, 11) is 3.58. The topological polar surface area (TPSA) is 73.9 Å². The number of H-pyrrole nitrogens is 1. The van der Waals surface area contributed by atoms with Gasteiger partial charge in [-0.2, -0.15) is 5.10 Å². The predicted octanol–water partition coefficient (Wildman–Crippen LogP) is 1.45. The van der Waals surface area contributed by atoms with Crippen molar-refractivity contribution in [2.24, 2.45) is 0 Å². The molecule has 1 unspecified atom stereocenters. The van der Waals surface area contributed by atoms with Gasteiger partial charge in [0.25, 0.3) is 0 Å². The monoisotopic (exact) mass is 323 g/mol. The molecule has 0 saturated heterocycles. The fraction of sp³-hybridized carbons (Fsp3) is 0.357. The van der Waals surface area contributed by atoms with Crippen LogP contribution in [-0.4, -0.2) is 52.4 Å². The maximum atomic E-state index is 13.3. The van der Waals surface area contributed by atoms with E-state index < -0.39 is 6.04 Å². The van der Waals surface area contributed by atoms with Crippen LogP contribution in [-0.2, 0) is 4.79 Å². The molecule has 1 aromatic carbocycles. The molecule has 0 saturated carbocycles. The van der Waals surface area contributed by atoms with Gasteiger partial charge in [0.1, 0.15) is 18.2 Å². The zero-order valence-electron chi connectivity index (χ0n) is 12.4. The lowest BCUT2D eigenvalue weighted by molar-refractivity contribution is -0.125. The summed E-state index contributed by atoms with van der Waals surface area (Å²) in [4.78, 5) is 18.1. The van der Waals surface area contributed by atoms with Crippen LogP contribution in [0.4, 0.5) is 4.39 Å². The summed E-state index contributed by atoms with van der Waals surface area (Å²) in [5, 5.41) is 10.1. The van der Waals surface area contributed by atoms with Crippen molar-refractivity contribution in [2.75, 3.05) is 26.4 Å². The Labute approximate surface area is 132 Å². The Morgan fingerprint density at radius 1 is 1.50 bits per heavy atom. The maximum Gasteiger partial charge on any atom is 0.241 e. The Morgan fingerprint density at radius 3 is 2.95 bits per heavy atom. The number of likely N-dealkylation sites (N-methyl/N-ethyl adjacent to an activating group) is 1. The number of nitrogens with one attached hydrogen (secondary N) is 2. The van der Waals surface area contributed by atoms with Gasteiger partial charge in [-0.1, -0.05) is 23.9 Å². The second kappa shape index (κ2) is 7.90. The van der Waals surface area contributed by atoms with Gasteiger partial charge in [0.05, 0.1) is 0 Å². The molecule has 6 nitrogen and oxygen atoms in total. The third-order valence-corrected chi connectivity index (χ3v) is 3.84. The molecular weight excluding hydrogens is 305 g/mol. The summed E-state index contributed by atoms with van der Waals surface area (Å²) in [6, 6.07) is 5.58. The van der Waals surface area contributed by atoms with E-state index in [1.807, 2.05) is 0 Å². The number of carbonyl (C=O) groups excluding carboxylic acids is 1. The SMILES string of the molecule is CN(C)C(C(=O)NCCSc1ncn[nH]1)c1cccc(F)c1. The van der Waals surface area contributed by atoms with E-state index in [9.17, 15) is 9.18 Å². The maximum absolute atomic E-state index is 13.3. The van der Waals surface area contributed by atoms with E-state index in [0.29, 0.717) is 23.0 Å². The highest BCUT2D eigenvalue weighted by Gasteiger charge is 2.22. The first-order valence-corrected chi connectivity index (χ1v) is 7.74. The smallest absolute Gasteiger partial charge is 0.241 e. The lowest BCUT2D eigenvalue weighted by Crippen LogP contribution is -2.38. The van der Waals surface area contributed by atoms with Gasteiger partial charge in [0, 0.05) is 12.3 Å². The number of aromatic amines is 1. The van der Waals surface area contributed by atoms with Crippen molar-refractivity contribution in [3.8, 4) is 0 Å². The molecule has 1 aromatic heterocycles. The second-order valence-corrected chi connectivity index (χ2v) is 5.93. The highest BCUT2D eigenvalue weighted by Crippen LogP contribution is 2.19. The van der Waals surface area contributed by atoms with Gasteiger partial charge in [0.15, 0.2) is 5.16 Å². The minimum absolute atomic E-state index is 0.159. The molecule has 2 rings (SSSR count). The van der Waals surface area contributed by atoms with Crippen molar-refractivity contribution in [1.29, 1.82) is 0 Å². The molecule has 2 N–H and O–H groups in total. The molecule has 2 aromatic rings. The number of hydrogen-bond acceptors (Lipinski definition) is 5. The molecule has 1 amide bonds. The van der Waals surface area contributed by atoms with E-state index in [2.05, 4.69) is 20.5 Å². The number of carbonyl (C=O) groups is 1. The minimum atomic E-state index is -0.522. The first-order chi connectivity index (χ1) is 10.6. The van der Waals surface area contributed by atoms with Crippen molar-refractivity contribution in [3.05, 3.63) is 42.0 Å². The third kappa shape index (κ3) is 4.54. The fourth-order valence-corrected chi connectivity index (χ4v) is 2.68. The van der Waals surface area contributed by atoms with Gasteiger partial charge in [0.2, 0.25) is 5.91 Å². The first kappa shape index (κ1) is 16.4. The number of halogens is 1. The summed E-state index contributed by atoms with van der Waals surface area (Å²) >= 11 is 1.47. The highest BCUT2D eigenvalue weighted by molar-refractivity contribution is 7.99. The fourth-order valence-electron chi connectivity index (χ4n) is 2.04. The molecular formula is C14H18FN5OS. The van der Waals surface area contributed by atoms with Gasteiger partial charge in [-0.15, -0.1) is 0 Å². The van der Waals surface area contributed by atoms with Crippen LogP contribution in [0.1, 0.15) is 11.6 Å². The molecule has 1 heterocycles. The Bertz CT molecular complexity index is 605. The Hall–Kier alpha value is -1.93. The molecule has 22 heavy (non-hydrogen) atoms. The Morgan fingerprint density at radius 2 is 2.32 bits per heavy atom. The largest absolute Gasteiger partial charge is 0.354 e. The van der Waals surface area contributed by atoms with Crippen LogP contribution in [0.3, 0.4) is 0 Å². The van der Waals surface area contributed by atoms with Gasteiger partial charge in [-0.05, 0) is 31.8 Å². The van der Waals surface area contributed by atoms with E-state index in [4.69, 9.17) is 0 Å². The number of nitrogens with zero attached hydrogens (tertiary/aromatic N) is 3. The van der Waals surface area contributed by atoms with Gasteiger partial charge in [-0.3, -0.25) is 14.8 Å². The van der Waals surface area contributed by atoms with Crippen LogP contribution in [0.25, 0.3) is 0 Å². The van der Waals surface area contributed by atoms with Crippen molar-refractivity contribution in [3.63, 3.8) is 0 Å². The molecule has 1 atom stereocenters. The van der Waals surface area contributed by atoms with E-state index >= 15 is 0 Å². The molecule has 0 aliphatic rings. The summed E-state index contributed by atoms with van der Waals surface area (Å²) in [5.74, 6) is 0.163. The minimum Gasteiger partial charge on any atom is -0.354 e. The molecule has 0 fully saturated rings. The van der Waals surface area contributed by atoms with E-state index in [0.717, 1.165) is 0 Å². The lowest BCUT2D eigenvalue weighted by atomic mass is 10.1. The number of amides is 1. The number of benzene rings is 1. The summed E-state index contributed by atoms with van der Waals surface area (Å²) in [6.45, 7) is 0.490. The second-order valence-electron chi connectivity index (χ2n) is 4.85. The molecule has 118 valence electrons. The number of aromatic nitrogens is 3. The van der Waals surface area contributed by atoms with E-state index in [-0.39, 0.29) is 11.7 Å². The highest BCUT2D eigenvalue weighted by atomic mass is 32.2. The standard InChI is InChI=1S/C14H18FN5OS/c1-20(2)12(10-4-3-5-11(15)8-10)13(21)16-6-7-22-14-17-9-18-19-14/h3-5,8-9,12H,6-7H2,1-2H3,(H,16,21)(H,17,18,19). The van der Waals surface area contributed by atoms with Crippen LogP contribution >= 0.6 is 11.8 Å². The zero-order chi connectivity index (χ0) is 15.9. The normalized spacial score (nSPS) is 12.4. The van der Waals surface area contributed by atoms with Crippen molar-refractivity contribution in [2.45, 2.75) is 11.2 Å². The van der Waals surface area contributed by atoms with Gasteiger partial charge in [-0.25, -0.2) is 9.37 Å². The van der Waals surface area contributed by atoms with Crippen molar-refractivity contribution in [1.82, 2.24) is 25.4 Å². The van der Waals surface area contributed by atoms with Crippen LogP contribution in [0.5, 0.6) is 0 Å². The molecule has 0 aliphatic carbocycles. The van der Waals surface area contributed by atoms with E-state index in [1.165, 1.54) is 30.2 Å². The average Bonchev–Trinajstić information content (AvgIpc) is 2.97. The summed E-state index contributed by atoms with van der Waals surface area (Å²) < 4.78 is 13.3. The molecule has 0 spiro atoms. The van der Waals surface area contributed by atoms with E-state index in [1.54, 1.807) is 31.1 Å². The van der Waals surface area contributed by atoms with Crippen LogP contribution in [0.2, 0.25) is 0 Å². The summed E-state index contributed by atoms with van der Waals surface area (Å²) in [5.41, 5.74) is 0.630. The predicted molar refractivity (Wildman–Crippen MR) is 82.9 cm³/mol. The Balaban J connectivity index is 1.90. The van der Waals surface area contributed by atoms with Crippen LogP contribution in [0, 0.1) is 5.82 Å². The first-order valence-electron chi connectivity index (χ1n) is 6.75. The number of hydrogen-bond donors (Lipinski definition) is 2. The quantitative estimate of drug-likeness (QED) is 0.596. The Kier molecular flexibility index (Phi) is 5.91. The molecule has 0 aliphatic heterocycles. The third-order valence-electron chi connectivity index (χ3n) is 2.96.